The minimum atomic E-state index is 0.343. The van der Waals surface area contributed by atoms with E-state index in [1.165, 1.54) is 64.2 Å². The summed E-state index contributed by atoms with van der Waals surface area (Å²) in [4.78, 5) is 16.9. The van der Waals surface area contributed by atoms with Crippen molar-refractivity contribution in [2.24, 2.45) is 11.3 Å². The summed E-state index contributed by atoms with van der Waals surface area (Å²) in [6.45, 7) is 10.1. The molecule has 0 aromatic carbocycles. The van der Waals surface area contributed by atoms with Crippen LogP contribution in [0, 0.1) is 11.3 Å². The molecular weight excluding hydrogens is 320 g/mol. The van der Waals surface area contributed by atoms with Crippen LogP contribution in [0.15, 0.2) is 0 Å². The number of likely N-dealkylation sites (tertiary alicyclic amines) is 1. The van der Waals surface area contributed by atoms with E-state index in [1.54, 1.807) is 0 Å². The van der Waals surface area contributed by atoms with E-state index < -0.39 is 0 Å². The molecule has 3 heteroatoms. The molecule has 1 rings (SSSR count). The van der Waals surface area contributed by atoms with Crippen LogP contribution in [0.1, 0.15) is 97.8 Å². The summed E-state index contributed by atoms with van der Waals surface area (Å²) >= 11 is 0. The topological polar surface area (TPSA) is 23.6 Å². The van der Waals surface area contributed by atoms with Crippen LogP contribution < -0.4 is 0 Å². The molecule has 0 unspecified atom stereocenters. The van der Waals surface area contributed by atoms with E-state index in [0.29, 0.717) is 11.3 Å². The summed E-state index contributed by atoms with van der Waals surface area (Å²) < 4.78 is 0. The Morgan fingerprint density at radius 3 is 1.92 bits per heavy atom. The van der Waals surface area contributed by atoms with Crippen LogP contribution in [0.4, 0.5) is 0 Å². The Labute approximate surface area is 163 Å². The number of carbonyl (C=O) groups excluding carboxylic acids is 1. The summed E-state index contributed by atoms with van der Waals surface area (Å²) in [5.74, 6) is 1.14. The van der Waals surface area contributed by atoms with E-state index in [9.17, 15) is 4.79 Å². The van der Waals surface area contributed by atoms with Crippen molar-refractivity contribution in [1.29, 1.82) is 0 Å². The first-order valence-electron chi connectivity index (χ1n) is 11.3. The summed E-state index contributed by atoms with van der Waals surface area (Å²) in [6.07, 6.45) is 15.0. The van der Waals surface area contributed by atoms with Gasteiger partial charge in [0.15, 0.2) is 0 Å². The molecule has 26 heavy (non-hydrogen) atoms. The molecule has 1 amide bonds. The first kappa shape index (κ1) is 23.5. The van der Waals surface area contributed by atoms with Gasteiger partial charge >= 0.3 is 0 Å². The molecule has 3 nitrogen and oxygen atoms in total. The zero-order valence-electron chi connectivity index (χ0n) is 18.5. The van der Waals surface area contributed by atoms with E-state index in [4.69, 9.17) is 0 Å². The van der Waals surface area contributed by atoms with Crippen molar-refractivity contribution in [2.75, 3.05) is 33.7 Å². The minimum Gasteiger partial charge on any atom is -0.343 e. The fourth-order valence-electron chi connectivity index (χ4n) is 4.60. The summed E-state index contributed by atoms with van der Waals surface area (Å²) in [6, 6.07) is 0. The van der Waals surface area contributed by atoms with Crippen molar-refractivity contribution in [3.05, 3.63) is 0 Å². The van der Waals surface area contributed by atoms with Crippen molar-refractivity contribution in [1.82, 2.24) is 9.80 Å². The lowest BCUT2D eigenvalue weighted by atomic mass is 9.73. The van der Waals surface area contributed by atoms with E-state index in [2.05, 4.69) is 44.7 Å². The van der Waals surface area contributed by atoms with E-state index in [-0.39, 0.29) is 0 Å². The van der Waals surface area contributed by atoms with Crippen molar-refractivity contribution in [3.63, 3.8) is 0 Å². The molecule has 1 aliphatic rings. The number of piperidine rings is 1. The van der Waals surface area contributed by atoms with Gasteiger partial charge in [-0.05, 0) is 44.7 Å². The predicted octanol–water partition coefficient (Wildman–Crippen LogP) is 5.73. The quantitative estimate of drug-likeness (QED) is 0.388. The second-order valence-corrected chi connectivity index (χ2v) is 9.46. The molecule has 1 aliphatic heterocycles. The van der Waals surface area contributed by atoms with Gasteiger partial charge in [-0.15, -0.1) is 0 Å². The van der Waals surface area contributed by atoms with Gasteiger partial charge in [-0.3, -0.25) is 4.79 Å². The monoisotopic (exact) mass is 366 g/mol. The zero-order valence-corrected chi connectivity index (χ0v) is 18.5. The van der Waals surface area contributed by atoms with Gasteiger partial charge in [0.2, 0.25) is 5.91 Å². The highest BCUT2D eigenvalue weighted by Gasteiger charge is 2.33. The Kier molecular flexibility index (Phi) is 11.5. The Balaban J connectivity index is 2.11. The van der Waals surface area contributed by atoms with Crippen molar-refractivity contribution in [2.45, 2.75) is 97.8 Å². The standard InChI is InChI=1S/C23H46N2O/c1-6-7-8-9-10-11-12-13-14-15-22(26)25-18-16-21(17-19-25)23(2,3)20-24(4)5/h21H,6-20H2,1-5H3. The zero-order chi connectivity index (χ0) is 19.4. The molecule has 0 N–H and O–H groups in total. The van der Waals surface area contributed by atoms with E-state index in [1.807, 2.05) is 0 Å². The maximum Gasteiger partial charge on any atom is 0.222 e. The van der Waals surface area contributed by atoms with Gasteiger partial charge in [0.25, 0.3) is 0 Å². The van der Waals surface area contributed by atoms with Gasteiger partial charge in [0.05, 0.1) is 0 Å². The second-order valence-electron chi connectivity index (χ2n) is 9.46. The normalized spacial score (nSPS) is 16.5. The number of hydrogen-bond acceptors (Lipinski definition) is 2. The first-order chi connectivity index (χ1) is 12.4. The minimum absolute atomic E-state index is 0.343. The second kappa shape index (κ2) is 12.8. The largest absolute Gasteiger partial charge is 0.343 e. The van der Waals surface area contributed by atoms with Gasteiger partial charge in [0.1, 0.15) is 0 Å². The molecule has 0 saturated carbocycles. The van der Waals surface area contributed by atoms with Gasteiger partial charge in [-0.25, -0.2) is 0 Å². The summed E-state index contributed by atoms with van der Waals surface area (Å²) in [7, 11) is 4.32. The van der Waals surface area contributed by atoms with Crippen LogP contribution in [0.5, 0.6) is 0 Å². The molecular formula is C23H46N2O. The van der Waals surface area contributed by atoms with Gasteiger partial charge in [-0.1, -0.05) is 72.1 Å². The molecule has 1 heterocycles. The third kappa shape index (κ3) is 9.39. The van der Waals surface area contributed by atoms with Gasteiger partial charge in [0, 0.05) is 26.1 Å². The maximum atomic E-state index is 12.5. The van der Waals surface area contributed by atoms with Gasteiger partial charge < -0.3 is 9.80 Å². The molecule has 0 atom stereocenters. The van der Waals surface area contributed by atoms with Crippen molar-refractivity contribution in [3.8, 4) is 0 Å². The highest BCUT2D eigenvalue weighted by atomic mass is 16.2. The Hall–Kier alpha value is -0.570. The number of carbonyl (C=O) groups is 1. The average molecular weight is 367 g/mol. The lowest BCUT2D eigenvalue weighted by molar-refractivity contribution is -0.133. The number of rotatable bonds is 13. The van der Waals surface area contributed by atoms with Crippen LogP contribution in [-0.2, 0) is 4.79 Å². The molecule has 1 saturated heterocycles. The number of amides is 1. The SMILES string of the molecule is CCCCCCCCCCCC(=O)N1CCC(C(C)(C)CN(C)C)CC1. The fourth-order valence-corrected chi connectivity index (χ4v) is 4.60. The molecule has 0 aromatic heterocycles. The molecule has 0 spiro atoms. The highest BCUT2D eigenvalue weighted by Crippen LogP contribution is 2.35. The van der Waals surface area contributed by atoms with Crippen LogP contribution >= 0.6 is 0 Å². The van der Waals surface area contributed by atoms with Crippen molar-refractivity contribution >= 4 is 5.91 Å². The van der Waals surface area contributed by atoms with Crippen LogP contribution in [0.25, 0.3) is 0 Å². The number of unbranched alkanes of at least 4 members (excludes halogenated alkanes) is 8. The molecule has 154 valence electrons. The van der Waals surface area contributed by atoms with Crippen molar-refractivity contribution < 1.29 is 4.79 Å². The summed E-state index contributed by atoms with van der Waals surface area (Å²) in [5.41, 5.74) is 0.343. The third-order valence-corrected chi connectivity index (χ3v) is 6.17. The van der Waals surface area contributed by atoms with Crippen LogP contribution in [0.3, 0.4) is 0 Å². The third-order valence-electron chi connectivity index (χ3n) is 6.17. The Morgan fingerprint density at radius 2 is 1.42 bits per heavy atom. The average Bonchev–Trinajstić information content (AvgIpc) is 2.59. The molecule has 0 radical (unpaired) electrons. The fraction of sp³-hybridized carbons (Fsp3) is 0.957. The first-order valence-corrected chi connectivity index (χ1v) is 11.3. The van der Waals surface area contributed by atoms with E-state index >= 15 is 0 Å². The lowest BCUT2D eigenvalue weighted by Crippen LogP contribution is -2.44. The Morgan fingerprint density at radius 1 is 0.923 bits per heavy atom. The summed E-state index contributed by atoms with van der Waals surface area (Å²) in [5, 5.41) is 0. The number of hydrogen-bond donors (Lipinski definition) is 0. The molecule has 1 fully saturated rings. The van der Waals surface area contributed by atoms with E-state index in [0.717, 1.165) is 38.4 Å². The maximum absolute atomic E-state index is 12.5. The Bertz CT molecular complexity index is 370. The molecule has 0 aromatic rings. The van der Waals surface area contributed by atoms with Crippen LogP contribution in [-0.4, -0.2) is 49.4 Å². The number of nitrogens with zero attached hydrogens (tertiary/aromatic N) is 2. The smallest absolute Gasteiger partial charge is 0.222 e. The molecule has 0 aliphatic carbocycles. The van der Waals surface area contributed by atoms with Crippen LogP contribution in [0.2, 0.25) is 0 Å². The lowest BCUT2D eigenvalue weighted by Gasteiger charge is -2.42. The highest BCUT2D eigenvalue weighted by molar-refractivity contribution is 5.76. The van der Waals surface area contributed by atoms with Gasteiger partial charge in [-0.2, -0.15) is 0 Å². The molecule has 0 bridgehead atoms. The predicted molar refractivity (Wildman–Crippen MR) is 113 cm³/mol.